The van der Waals surface area contributed by atoms with Crippen molar-refractivity contribution < 1.29 is 4.79 Å². The first-order valence-corrected chi connectivity index (χ1v) is 8.03. The zero-order valence-electron chi connectivity index (χ0n) is 10.8. The molecule has 0 aliphatic carbocycles. The number of thiazole rings is 1. The zero-order valence-corrected chi connectivity index (χ0v) is 12.4. The average molecular weight is 285 g/mol. The largest absolute Gasteiger partial charge is 0.375 e. The van der Waals surface area contributed by atoms with Crippen molar-refractivity contribution in [1.82, 2.24) is 9.88 Å². The van der Waals surface area contributed by atoms with Crippen LogP contribution in [0.5, 0.6) is 0 Å². The second kappa shape index (κ2) is 5.93. The topological polar surface area (TPSA) is 59.2 Å². The van der Waals surface area contributed by atoms with E-state index in [1.807, 2.05) is 4.90 Å². The second-order valence-electron chi connectivity index (χ2n) is 4.74. The van der Waals surface area contributed by atoms with Crippen molar-refractivity contribution in [1.29, 1.82) is 0 Å². The number of nitrogens with two attached hydrogens (primary N) is 1. The molecule has 2 N–H and O–H groups in total. The number of rotatable bonds is 3. The van der Waals surface area contributed by atoms with Crippen LogP contribution in [0.15, 0.2) is 10.4 Å². The lowest BCUT2D eigenvalue weighted by molar-refractivity contribution is -0.134. The SMILES string of the molecule is CC1CCCC(C)N1C(=O)CSc1cnc(N)s1. The fourth-order valence-electron chi connectivity index (χ4n) is 2.46. The summed E-state index contributed by atoms with van der Waals surface area (Å²) in [5.74, 6) is 0.711. The maximum absolute atomic E-state index is 12.3. The Morgan fingerprint density at radius 1 is 1.56 bits per heavy atom. The summed E-state index contributed by atoms with van der Waals surface area (Å²) >= 11 is 2.97. The van der Waals surface area contributed by atoms with Crippen LogP contribution in [-0.2, 0) is 4.79 Å². The van der Waals surface area contributed by atoms with Gasteiger partial charge in [0.2, 0.25) is 5.91 Å². The number of thioether (sulfide) groups is 1. The van der Waals surface area contributed by atoms with Gasteiger partial charge in [0.15, 0.2) is 5.13 Å². The first-order valence-electron chi connectivity index (χ1n) is 6.23. The summed E-state index contributed by atoms with van der Waals surface area (Å²) < 4.78 is 1.01. The smallest absolute Gasteiger partial charge is 0.233 e. The van der Waals surface area contributed by atoms with Crippen LogP contribution in [0.3, 0.4) is 0 Å². The minimum absolute atomic E-state index is 0.228. The first-order chi connectivity index (χ1) is 8.58. The van der Waals surface area contributed by atoms with Gasteiger partial charge in [0.1, 0.15) is 0 Å². The van der Waals surface area contributed by atoms with Gasteiger partial charge >= 0.3 is 0 Å². The molecule has 2 unspecified atom stereocenters. The molecule has 1 aliphatic heterocycles. The van der Waals surface area contributed by atoms with Gasteiger partial charge in [0, 0.05) is 12.1 Å². The molecule has 1 amide bonds. The molecule has 1 aromatic rings. The summed E-state index contributed by atoms with van der Waals surface area (Å²) in [6.45, 7) is 4.28. The number of nitrogen functional groups attached to an aromatic ring is 1. The number of aromatic nitrogens is 1. The van der Waals surface area contributed by atoms with Crippen molar-refractivity contribution >= 4 is 34.1 Å². The normalized spacial score (nSPS) is 24.2. The minimum Gasteiger partial charge on any atom is -0.375 e. The third kappa shape index (κ3) is 3.17. The van der Waals surface area contributed by atoms with Crippen molar-refractivity contribution in [3.05, 3.63) is 6.20 Å². The Labute approximate surface area is 116 Å². The molecule has 0 bridgehead atoms. The van der Waals surface area contributed by atoms with Crippen molar-refractivity contribution in [3.8, 4) is 0 Å². The van der Waals surface area contributed by atoms with Gasteiger partial charge in [-0.2, -0.15) is 0 Å². The zero-order chi connectivity index (χ0) is 13.1. The monoisotopic (exact) mass is 285 g/mol. The molecule has 18 heavy (non-hydrogen) atoms. The molecule has 1 aliphatic rings. The first kappa shape index (κ1) is 13.7. The van der Waals surface area contributed by atoms with Crippen LogP contribution in [0.4, 0.5) is 5.13 Å². The van der Waals surface area contributed by atoms with Crippen LogP contribution in [0.1, 0.15) is 33.1 Å². The van der Waals surface area contributed by atoms with Gasteiger partial charge in [-0.05, 0) is 33.1 Å². The number of hydrogen-bond donors (Lipinski definition) is 1. The second-order valence-corrected chi connectivity index (χ2v) is 7.07. The summed E-state index contributed by atoms with van der Waals surface area (Å²) in [6.07, 6.45) is 5.20. The Kier molecular flexibility index (Phi) is 4.50. The molecule has 2 atom stereocenters. The predicted molar refractivity (Wildman–Crippen MR) is 76.9 cm³/mol. The number of likely N-dealkylation sites (tertiary alicyclic amines) is 1. The Bertz CT molecular complexity index is 411. The van der Waals surface area contributed by atoms with Gasteiger partial charge < -0.3 is 10.6 Å². The van der Waals surface area contributed by atoms with Gasteiger partial charge in [-0.1, -0.05) is 11.3 Å². The molecule has 100 valence electrons. The van der Waals surface area contributed by atoms with E-state index in [1.165, 1.54) is 29.5 Å². The molecule has 1 saturated heterocycles. The van der Waals surface area contributed by atoms with E-state index < -0.39 is 0 Å². The quantitative estimate of drug-likeness (QED) is 0.867. The molecule has 0 radical (unpaired) electrons. The maximum atomic E-state index is 12.3. The van der Waals surface area contributed by atoms with E-state index in [-0.39, 0.29) is 5.91 Å². The van der Waals surface area contributed by atoms with Crippen LogP contribution >= 0.6 is 23.1 Å². The van der Waals surface area contributed by atoms with Crippen molar-refractivity contribution in [2.45, 2.75) is 49.4 Å². The van der Waals surface area contributed by atoms with Crippen LogP contribution in [0, 0.1) is 0 Å². The van der Waals surface area contributed by atoms with Gasteiger partial charge in [0.25, 0.3) is 0 Å². The third-order valence-corrected chi connectivity index (χ3v) is 5.33. The summed E-state index contributed by atoms with van der Waals surface area (Å²) in [4.78, 5) is 18.3. The van der Waals surface area contributed by atoms with Crippen molar-refractivity contribution in [2.24, 2.45) is 0 Å². The molecule has 2 rings (SSSR count). The van der Waals surface area contributed by atoms with E-state index >= 15 is 0 Å². The maximum Gasteiger partial charge on any atom is 0.233 e. The minimum atomic E-state index is 0.228. The lowest BCUT2D eigenvalue weighted by atomic mass is 9.98. The van der Waals surface area contributed by atoms with E-state index in [1.54, 1.807) is 6.20 Å². The van der Waals surface area contributed by atoms with E-state index in [0.29, 0.717) is 23.0 Å². The molecule has 2 heterocycles. The van der Waals surface area contributed by atoms with Gasteiger partial charge in [-0.25, -0.2) is 4.98 Å². The molecular weight excluding hydrogens is 266 g/mol. The molecule has 6 heteroatoms. The summed E-state index contributed by atoms with van der Waals surface area (Å²) in [6, 6.07) is 0.738. The van der Waals surface area contributed by atoms with Crippen LogP contribution in [-0.4, -0.2) is 33.6 Å². The number of carbonyl (C=O) groups is 1. The van der Waals surface area contributed by atoms with Crippen LogP contribution in [0.25, 0.3) is 0 Å². The standard InChI is InChI=1S/C12H19N3OS2/c1-8-4-3-5-9(2)15(8)10(16)7-17-11-6-14-12(13)18-11/h6,8-9H,3-5,7H2,1-2H3,(H2,13,14). The number of carbonyl (C=O) groups excluding carboxylic acids is 1. The number of piperidine rings is 1. The molecule has 0 spiro atoms. The van der Waals surface area contributed by atoms with E-state index in [9.17, 15) is 4.79 Å². The van der Waals surface area contributed by atoms with Gasteiger partial charge in [-0.15, -0.1) is 11.8 Å². The van der Waals surface area contributed by atoms with Crippen LogP contribution in [0.2, 0.25) is 0 Å². The van der Waals surface area contributed by atoms with Gasteiger partial charge in [0.05, 0.1) is 16.2 Å². The highest BCUT2D eigenvalue weighted by molar-refractivity contribution is 8.01. The molecule has 1 aromatic heterocycles. The fraction of sp³-hybridized carbons (Fsp3) is 0.667. The average Bonchev–Trinajstić information content (AvgIpc) is 2.72. The number of nitrogens with zero attached hydrogens (tertiary/aromatic N) is 2. The summed E-state index contributed by atoms with van der Waals surface area (Å²) in [5.41, 5.74) is 5.57. The Hall–Kier alpha value is -0.750. The van der Waals surface area contributed by atoms with Crippen molar-refractivity contribution in [3.63, 3.8) is 0 Å². The Morgan fingerprint density at radius 2 is 2.22 bits per heavy atom. The fourth-order valence-corrected chi connectivity index (χ4v) is 4.09. The Morgan fingerprint density at radius 3 is 2.78 bits per heavy atom. The molecule has 1 fully saturated rings. The number of anilines is 1. The highest BCUT2D eigenvalue weighted by Crippen LogP contribution is 2.28. The highest BCUT2D eigenvalue weighted by atomic mass is 32.2. The summed E-state index contributed by atoms with van der Waals surface area (Å²) in [7, 11) is 0. The van der Waals surface area contributed by atoms with E-state index in [4.69, 9.17) is 5.73 Å². The highest BCUT2D eigenvalue weighted by Gasteiger charge is 2.28. The lowest BCUT2D eigenvalue weighted by Gasteiger charge is -2.39. The molecule has 0 aromatic carbocycles. The lowest BCUT2D eigenvalue weighted by Crippen LogP contribution is -2.48. The van der Waals surface area contributed by atoms with Crippen LogP contribution < -0.4 is 5.73 Å². The molecule has 0 saturated carbocycles. The number of hydrogen-bond acceptors (Lipinski definition) is 5. The van der Waals surface area contributed by atoms with Crippen molar-refractivity contribution in [2.75, 3.05) is 11.5 Å². The third-order valence-electron chi connectivity index (χ3n) is 3.32. The van der Waals surface area contributed by atoms with E-state index in [0.717, 1.165) is 17.1 Å². The summed E-state index contributed by atoms with van der Waals surface area (Å²) in [5, 5.41) is 0.560. The predicted octanol–water partition coefficient (Wildman–Crippen LogP) is 2.61. The molecule has 4 nitrogen and oxygen atoms in total. The van der Waals surface area contributed by atoms with E-state index in [2.05, 4.69) is 18.8 Å². The Balaban J connectivity index is 1.90. The number of amides is 1. The van der Waals surface area contributed by atoms with Gasteiger partial charge in [-0.3, -0.25) is 4.79 Å². The molecular formula is C12H19N3OS2.